The molecule has 0 bridgehead atoms. The van der Waals surface area contributed by atoms with Gasteiger partial charge in [-0.2, -0.15) is 0 Å². The fourth-order valence-corrected chi connectivity index (χ4v) is 6.42. The molecule has 41 heavy (non-hydrogen) atoms. The zero-order valence-corrected chi connectivity index (χ0v) is 24.5. The molecule has 3 saturated heterocycles. The largest absolute Gasteiger partial charge is 0.489 e. The maximum atomic E-state index is 12.6. The van der Waals surface area contributed by atoms with Gasteiger partial charge in [-0.3, -0.25) is 9.69 Å². The molecule has 3 amide bonds. The minimum Gasteiger partial charge on any atom is -0.489 e. The first kappa shape index (κ1) is 27.4. The van der Waals surface area contributed by atoms with Crippen LogP contribution < -0.4 is 25.6 Å². The molecule has 0 aliphatic carbocycles. The van der Waals surface area contributed by atoms with Crippen LogP contribution in [0.15, 0.2) is 24.4 Å². The highest BCUT2D eigenvalue weighted by molar-refractivity contribution is 5.96. The highest BCUT2D eigenvalue weighted by Gasteiger charge is 2.37. The number of anilines is 4. The van der Waals surface area contributed by atoms with E-state index in [1.54, 1.807) is 11.1 Å². The Balaban J connectivity index is 1.20. The van der Waals surface area contributed by atoms with Crippen LogP contribution in [0.1, 0.15) is 44.1 Å². The van der Waals surface area contributed by atoms with Gasteiger partial charge in [0.25, 0.3) is 5.91 Å². The molecule has 1 aromatic carbocycles. The molecule has 0 saturated carbocycles. The van der Waals surface area contributed by atoms with E-state index in [0.717, 1.165) is 69.2 Å². The average Bonchev–Trinajstić information content (AvgIpc) is 3.29. The number of nitrogens with zero attached hydrogens (tertiary/aromatic N) is 7. The van der Waals surface area contributed by atoms with E-state index < -0.39 is 5.91 Å². The maximum Gasteiger partial charge on any atom is 0.320 e. The van der Waals surface area contributed by atoms with Crippen LogP contribution in [0.5, 0.6) is 5.75 Å². The molecule has 0 radical (unpaired) electrons. The Bertz CT molecular complexity index is 1330. The zero-order valence-electron chi connectivity index (χ0n) is 24.5. The van der Waals surface area contributed by atoms with Crippen molar-refractivity contribution in [1.29, 1.82) is 0 Å². The van der Waals surface area contributed by atoms with Gasteiger partial charge in [0, 0.05) is 70.2 Å². The second-order valence-corrected chi connectivity index (χ2v) is 12.5. The molecule has 1 aromatic heterocycles. The monoisotopic (exact) mass is 563 g/mol. The lowest BCUT2D eigenvalue weighted by Crippen LogP contribution is -2.61. The van der Waals surface area contributed by atoms with E-state index in [1.165, 1.54) is 0 Å². The number of benzene rings is 1. The van der Waals surface area contributed by atoms with Gasteiger partial charge < -0.3 is 35.4 Å². The number of nitrogens with one attached hydrogen (secondary N) is 1. The summed E-state index contributed by atoms with van der Waals surface area (Å²) in [4.78, 5) is 44.8. The van der Waals surface area contributed by atoms with Crippen molar-refractivity contribution in [3.05, 3.63) is 30.1 Å². The number of nitrogens with two attached hydrogens (primary N) is 1. The first-order valence-electron chi connectivity index (χ1n) is 14.6. The summed E-state index contributed by atoms with van der Waals surface area (Å²) in [5.41, 5.74) is 7.71. The fraction of sp³-hybridized carbons (Fsp3) is 0.586. The number of urea groups is 1. The lowest BCUT2D eigenvalue weighted by molar-refractivity contribution is 0.0890. The van der Waals surface area contributed by atoms with E-state index in [1.807, 2.05) is 24.1 Å². The summed E-state index contributed by atoms with van der Waals surface area (Å²) in [5.74, 6) is 1.11. The number of likely N-dealkylation sites (N-methyl/N-ethyl adjacent to an activating group) is 1. The lowest BCUT2D eigenvalue weighted by Gasteiger charge is -2.49. The number of primary amides is 1. The van der Waals surface area contributed by atoms with Crippen molar-refractivity contribution in [2.45, 2.75) is 51.2 Å². The van der Waals surface area contributed by atoms with Gasteiger partial charge in [-0.05, 0) is 45.7 Å². The molecule has 4 aliphatic heterocycles. The summed E-state index contributed by atoms with van der Waals surface area (Å²) in [6.07, 6.45) is 3.49. The minimum absolute atomic E-state index is 0.0754. The Morgan fingerprint density at radius 1 is 1.07 bits per heavy atom. The number of aromatic nitrogens is 2. The number of amides is 3. The Labute approximate surface area is 241 Å². The highest BCUT2D eigenvalue weighted by atomic mass is 16.5. The SMILES string of the molecule is CN1CCN([C@@H]2CCCN(c3cnc(C(N)=O)c(Nc4ccc5c(c4)OC[C@H]4CN(C(C)(C)C)CCN54)n3)C2)C1=O. The van der Waals surface area contributed by atoms with E-state index in [2.05, 4.69) is 51.8 Å². The van der Waals surface area contributed by atoms with Crippen molar-refractivity contribution in [1.82, 2.24) is 24.7 Å². The van der Waals surface area contributed by atoms with Gasteiger partial charge in [-0.1, -0.05) is 0 Å². The predicted octanol–water partition coefficient (Wildman–Crippen LogP) is 2.34. The van der Waals surface area contributed by atoms with Gasteiger partial charge >= 0.3 is 6.03 Å². The Morgan fingerprint density at radius 3 is 2.61 bits per heavy atom. The van der Waals surface area contributed by atoms with Crippen LogP contribution in [0.3, 0.4) is 0 Å². The van der Waals surface area contributed by atoms with E-state index in [-0.39, 0.29) is 23.3 Å². The Kier molecular flexibility index (Phi) is 7.04. The first-order chi connectivity index (χ1) is 19.6. The normalized spacial score (nSPS) is 23.3. The van der Waals surface area contributed by atoms with Crippen molar-refractivity contribution >= 4 is 34.9 Å². The van der Waals surface area contributed by atoms with Crippen LogP contribution in [0.2, 0.25) is 0 Å². The molecule has 12 nitrogen and oxygen atoms in total. The van der Waals surface area contributed by atoms with Crippen molar-refractivity contribution in [3.63, 3.8) is 0 Å². The molecular weight excluding hydrogens is 522 g/mol. The zero-order chi connectivity index (χ0) is 28.9. The topological polar surface area (TPSA) is 123 Å². The minimum atomic E-state index is -0.650. The molecule has 220 valence electrons. The van der Waals surface area contributed by atoms with Crippen molar-refractivity contribution < 1.29 is 14.3 Å². The number of piperidine rings is 1. The maximum absolute atomic E-state index is 12.6. The van der Waals surface area contributed by atoms with E-state index in [0.29, 0.717) is 30.8 Å². The number of rotatable bonds is 5. The van der Waals surface area contributed by atoms with Crippen molar-refractivity contribution in [2.24, 2.45) is 5.73 Å². The second kappa shape index (κ2) is 10.6. The van der Waals surface area contributed by atoms with Gasteiger partial charge in [0.2, 0.25) is 0 Å². The quantitative estimate of drug-likeness (QED) is 0.564. The molecule has 0 unspecified atom stereocenters. The first-order valence-corrected chi connectivity index (χ1v) is 14.6. The molecule has 2 atom stereocenters. The van der Waals surface area contributed by atoms with E-state index >= 15 is 0 Å². The predicted molar refractivity (Wildman–Crippen MR) is 158 cm³/mol. The summed E-state index contributed by atoms with van der Waals surface area (Å²) >= 11 is 0. The third-order valence-corrected chi connectivity index (χ3v) is 8.80. The van der Waals surface area contributed by atoms with Crippen LogP contribution in [0, 0.1) is 0 Å². The van der Waals surface area contributed by atoms with Gasteiger partial charge in [0.15, 0.2) is 11.5 Å². The second-order valence-electron chi connectivity index (χ2n) is 12.5. The summed E-state index contributed by atoms with van der Waals surface area (Å²) in [7, 11) is 1.84. The highest BCUT2D eigenvalue weighted by Crippen LogP contribution is 2.39. The molecule has 3 N–H and O–H groups in total. The number of hydrogen-bond acceptors (Lipinski definition) is 9. The molecule has 12 heteroatoms. The summed E-state index contributed by atoms with van der Waals surface area (Å²) in [6.45, 7) is 13.3. The number of fused-ring (bicyclic) bond motifs is 3. The fourth-order valence-electron chi connectivity index (χ4n) is 6.42. The summed E-state index contributed by atoms with van der Waals surface area (Å²) in [6, 6.07) is 6.49. The van der Waals surface area contributed by atoms with Crippen LogP contribution in [-0.2, 0) is 0 Å². The van der Waals surface area contributed by atoms with Gasteiger partial charge in [0.1, 0.15) is 18.2 Å². The molecular formula is C29H41N9O3. The summed E-state index contributed by atoms with van der Waals surface area (Å²) in [5, 5.41) is 3.28. The van der Waals surface area contributed by atoms with Crippen LogP contribution >= 0.6 is 0 Å². The molecule has 4 aliphatic rings. The standard InChI is InChI=1S/C29H41N9O3/c1-29(2,3)36-11-13-37-21(17-36)18-41-23-14-19(7-8-22(23)37)32-27-25(26(30)39)31-15-24(33-27)35-9-5-6-20(16-35)38-12-10-34(4)28(38)40/h7-8,14-15,20-21H,5-6,9-13,16-18H2,1-4H3,(H2,30,39)(H,32,33)/t20-,21-/m1/s1. The van der Waals surface area contributed by atoms with Crippen LogP contribution in [-0.4, -0.2) is 114 Å². The number of hydrogen-bond donors (Lipinski definition) is 2. The average molecular weight is 564 g/mol. The van der Waals surface area contributed by atoms with Gasteiger partial charge in [0.05, 0.1) is 24.0 Å². The number of piperazine rings is 1. The van der Waals surface area contributed by atoms with E-state index in [4.69, 9.17) is 15.5 Å². The third-order valence-electron chi connectivity index (χ3n) is 8.80. The lowest BCUT2D eigenvalue weighted by atomic mass is 10.0. The molecule has 6 rings (SSSR count). The van der Waals surface area contributed by atoms with E-state index in [9.17, 15) is 9.59 Å². The molecule has 0 spiro atoms. The Morgan fingerprint density at radius 2 is 1.88 bits per heavy atom. The number of ether oxygens (including phenoxy) is 1. The summed E-state index contributed by atoms with van der Waals surface area (Å²) < 4.78 is 6.23. The van der Waals surface area contributed by atoms with Gasteiger partial charge in [-0.15, -0.1) is 0 Å². The van der Waals surface area contributed by atoms with Gasteiger partial charge in [-0.25, -0.2) is 14.8 Å². The molecule has 5 heterocycles. The van der Waals surface area contributed by atoms with Crippen molar-refractivity contribution in [2.75, 3.05) is 74.6 Å². The van der Waals surface area contributed by atoms with Crippen LogP contribution in [0.25, 0.3) is 0 Å². The molecule has 2 aromatic rings. The number of carbonyl (C=O) groups is 2. The van der Waals surface area contributed by atoms with Crippen molar-refractivity contribution in [3.8, 4) is 5.75 Å². The van der Waals surface area contributed by atoms with Crippen LogP contribution in [0.4, 0.5) is 27.8 Å². The number of carbonyl (C=O) groups excluding carboxylic acids is 2. The Hall–Kier alpha value is -3.80. The third kappa shape index (κ3) is 5.32. The smallest absolute Gasteiger partial charge is 0.320 e. The molecule has 3 fully saturated rings.